The maximum absolute atomic E-state index is 12.9. The molecule has 8 nitrogen and oxygen atoms in total. The quantitative estimate of drug-likeness (QED) is 0.798. The van der Waals surface area contributed by atoms with Crippen LogP contribution in [0.3, 0.4) is 0 Å². The van der Waals surface area contributed by atoms with Crippen LogP contribution < -0.4 is 10.1 Å². The van der Waals surface area contributed by atoms with Crippen LogP contribution in [0.25, 0.3) is 0 Å². The fourth-order valence-electron chi connectivity index (χ4n) is 2.53. The number of rotatable bonds is 6. The van der Waals surface area contributed by atoms with Crippen molar-refractivity contribution < 1.29 is 22.3 Å². The van der Waals surface area contributed by atoms with Crippen LogP contribution in [0.15, 0.2) is 30.5 Å². The number of hydrogen-bond acceptors (Lipinski definition) is 6. The minimum Gasteiger partial charge on any atom is -0.488 e. The number of nitrogens with zero attached hydrogens (tertiary/aromatic N) is 3. The highest BCUT2D eigenvalue weighted by atomic mass is 32.2. The molecule has 3 heterocycles. The predicted molar refractivity (Wildman–Crippen MR) is 96.6 cm³/mol. The summed E-state index contributed by atoms with van der Waals surface area (Å²) in [6, 6.07) is 5.68. The van der Waals surface area contributed by atoms with E-state index in [9.17, 15) is 17.6 Å². The number of aromatic nitrogens is 2. The van der Waals surface area contributed by atoms with E-state index in [0.717, 1.165) is 6.20 Å². The third-order valence-corrected chi connectivity index (χ3v) is 5.82. The standard InChI is InChI=1S/C17H19FN4O4S/c1-3-27(24,25)22-9-14(10-22)26-13-6-11(2)20-15(7-13)17(23)21-16-5-4-12(18)8-19-16/h4-8,14H,3,9-10H2,1-2H3,(H,19,21,23). The van der Waals surface area contributed by atoms with Crippen molar-refractivity contribution in [2.75, 3.05) is 24.2 Å². The molecule has 0 saturated carbocycles. The fourth-order valence-corrected chi connectivity index (χ4v) is 3.68. The zero-order valence-corrected chi connectivity index (χ0v) is 15.7. The Morgan fingerprint density at radius 2 is 2.11 bits per heavy atom. The normalized spacial score (nSPS) is 15.2. The molecule has 0 aromatic carbocycles. The first-order valence-electron chi connectivity index (χ1n) is 8.33. The highest BCUT2D eigenvalue weighted by Gasteiger charge is 2.36. The van der Waals surface area contributed by atoms with Gasteiger partial charge in [-0.15, -0.1) is 0 Å². The summed E-state index contributed by atoms with van der Waals surface area (Å²) < 4.78 is 43.5. The molecule has 0 radical (unpaired) electrons. The molecule has 10 heteroatoms. The minimum absolute atomic E-state index is 0.0514. The average molecular weight is 394 g/mol. The minimum atomic E-state index is -3.21. The van der Waals surface area contributed by atoms with Gasteiger partial charge in [0, 0.05) is 17.8 Å². The van der Waals surface area contributed by atoms with Crippen molar-refractivity contribution in [1.82, 2.24) is 14.3 Å². The molecule has 0 spiro atoms. The summed E-state index contributed by atoms with van der Waals surface area (Å²) in [6.45, 7) is 3.86. The molecule has 144 valence electrons. The molecular formula is C17H19FN4O4S. The van der Waals surface area contributed by atoms with E-state index in [1.165, 1.54) is 22.5 Å². The van der Waals surface area contributed by atoms with Crippen molar-refractivity contribution in [3.63, 3.8) is 0 Å². The van der Waals surface area contributed by atoms with Crippen LogP contribution in [0.4, 0.5) is 10.2 Å². The highest BCUT2D eigenvalue weighted by Crippen LogP contribution is 2.22. The van der Waals surface area contributed by atoms with Crippen LogP contribution in [0.2, 0.25) is 0 Å². The van der Waals surface area contributed by atoms with E-state index < -0.39 is 21.7 Å². The van der Waals surface area contributed by atoms with Crippen LogP contribution in [-0.4, -0.2) is 53.5 Å². The van der Waals surface area contributed by atoms with Crippen molar-refractivity contribution >= 4 is 21.7 Å². The Labute approximate surface area is 156 Å². The van der Waals surface area contributed by atoms with Crippen molar-refractivity contribution in [2.24, 2.45) is 0 Å². The molecule has 0 unspecified atom stereocenters. The van der Waals surface area contributed by atoms with Crippen LogP contribution in [0.5, 0.6) is 5.75 Å². The first-order chi connectivity index (χ1) is 12.8. The summed E-state index contributed by atoms with van der Waals surface area (Å²) >= 11 is 0. The Hall–Kier alpha value is -2.59. The third kappa shape index (κ3) is 4.58. The average Bonchev–Trinajstić information content (AvgIpc) is 2.59. The van der Waals surface area contributed by atoms with E-state index in [4.69, 9.17) is 4.74 Å². The smallest absolute Gasteiger partial charge is 0.275 e. The van der Waals surface area contributed by atoms with Gasteiger partial charge in [0.2, 0.25) is 10.0 Å². The number of ether oxygens (including phenoxy) is 1. The molecule has 1 N–H and O–H groups in total. The van der Waals surface area contributed by atoms with Crippen LogP contribution >= 0.6 is 0 Å². The molecular weight excluding hydrogens is 375 g/mol. The van der Waals surface area contributed by atoms with Gasteiger partial charge in [0.25, 0.3) is 5.91 Å². The van der Waals surface area contributed by atoms with E-state index in [1.54, 1.807) is 19.9 Å². The summed E-state index contributed by atoms with van der Waals surface area (Å²) in [6.07, 6.45) is 0.725. The number of carbonyl (C=O) groups excluding carboxylic acids is 1. The zero-order valence-electron chi connectivity index (χ0n) is 14.8. The number of aryl methyl sites for hydroxylation is 1. The molecule has 0 atom stereocenters. The molecule has 1 aliphatic heterocycles. The first kappa shape index (κ1) is 19.2. The topological polar surface area (TPSA) is 101 Å². The van der Waals surface area contributed by atoms with E-state index in [1.807, 2.05) is 0 Å². The van der Waals surface area contributed by atoms with E-state index in [2.05, 4.69) is 15.3 Å². The van der Waals surface area contributed by atoms with Gasteiger partial charge in [0.1, 0.15) is 29.2 Å². The lowest BCUT2D eigenvalue weighted by Crippen LogP contribution is -2.56. The molecule has 0 aliphatic carbocycles. The van der Waals surface area contributed by atoms with Crippen LogP contribution in [0, 0.1) is 12.7 Å². The Morgan fingerprint density at radius 1 is 1.37 bits per heavy atom. The Morgan fingerprint density at radius 3 is 2.74 bits per heavy atom. The fraction of sp³-hybridized carbons (Fsp3) is 0.353. The van der Waals surface area contributed by atoms with Crippen LogP contribution in [-0.2, 0) is 10.0 Å². The van der Waals surface area contributed by atoms with Crippen molar-refractivity contribution in [2.45, 2.75) is 20.0 Å². The monoisotopic (exact) mass is 394 g/mol. The lowest BCUT2D eigenvalue weighted by Gasteiger charge is -2.37. The summed E-state index contributed by atoms with van der Waals surface area (Å²) in [5, 5.41) is 2.53. The lowest BCUT2D eigenvalue weighted by molar-refractivity contribution is 0.0759. The summed E-state index contributed by atoms with van der Waals surface area (Å²) in [5.74, 6) is -0.330. The summed E-state index contributed by atoms with van der Waals surface area (Å²) in [5.41, 5.74) is 0.690. The molecule has 1 saturated heterocycles. The van der Waals surface area contributed by atoms with Crippen molar-refractivity contribution in [1.29, 1.82) is 0 Å². The van der Waals surface area contributed by atoms with Gasteiger partial charge in [0.15, 0.2) is 0 Å². The number of amides is 1. The number of pyridine rings is 2. The second-order valence-corrected chi connectivity index (χ2v) is 8.36. The third-order valence-electron chi connectivity index (χ3n) is 4.00. The maximum Gasteiger partial charge on any atom is 0.275 e. The zero-order chi connectivity index (χ0) is 19.6. The van der Waals surface area contributed by atoms with Gasteiger partial charge in [-0.25, -0.2) is 22.8 Å². The predicted octanol–water partition coefficient (Wildman–Crippen LogP) is 1.59. The van der Waals surface area contributed by atoms with Crippen molar-refractivity contribution in [3.05, 3.63) is 47.7 Å². The number of carbonyl (C=O) groups is 1. The second-order valence-electron chi connectivity index (χ2n) is 6.10. The number of sulfonamides is 1. The molecule has 1 fully saturated rings. The Balaban J connectivity index is 1.66. The molecule has 27 heavy (non-hydrogen) atoms. The summed E-state index contributed by atoms with van der Waals surface area (Å²) in [7, 11) is -3.21. The van der Waals surface area contributed by atoms with Crippen LogP contribution in [0.1, 0.15) is 23.1 Å². The lowest BCUT2D eigenvalue weighted by atomic mass is 10.2. The maximum atomic E-state index is 12.9. The van der Waals surface area contributed by atoms with E-state index >= 15 is 0 Å². The largest absolute Gasteiger partial charge is 0.488 e. The van der Waals surface area contributed by atoms with Gasteiger partial charge in [-0.3, -0.25) is 4.79 Å². The molecule has 0 bridgehead atoms. The number of anilines is 1. The second kappa shape index (κ2) is 7.57. The van der Waals surface area contributed by atoms with Gasteiger partial charge in [-0.05, 0) is 26.0 Å². The number of nitrogens with one attached hydrogen (secondary N) is 1. The number of hydrogen-bond donors (Lipinski definition) is 1. The van der Waals surface area contributed by atoms with Gasteiger partial charge >= 0.3 is 0 Å². The Kier molecular flexibility index (Phi) is 5.38. The molecule has 1 aliphatic rings. The van der Waals surface area contributed by atoms with E-state index in [0.29, 0.717) is 11.4 Å². The molecule has 2 aromatic rings. The highest BCUT2D eigenvalue weighted by molar-refractivity contribution is 7.89. The molecule has 3 rings (SSSR count). The molecule has 2 aromatic heterocycles. The SMILES string of the molecule is CCS(=O)(=O)N1CC(Oc2cc(C)nc(C(=O)Nc3ccc(F)cn3)c2)C1. The molecule has 1 amide bonds. The first-order valence-corrected chi connectivity index (χ1v) is 9.94. The van der Waals surface area contributed by atoms with Crippen molar-refractivity contribution in [3.8, 4) is 5.75 Å². The van der Waals surface area contributed by atoms with Gasteiger partial charge in [-0.1, -0.05) is 0 Å². The van der Waals surface area contributed by atoms with E-state index in [-0.39, 0.29) is 36.5 Å². The van der Waals surface area contributed by atoms with Gasteiger partial charge in [-0.2, -0.15) is 4.31 Å². The van der Waals surface area contributed by atoms with Gasteiger partial charge in [0.05, 0.1) is 25.0 Å². The Bertz CT molecular complexity index is 944. The van der Waals surface area contributed by atoms with Gasteiger partial charge < -0.3 is 10.1 Å². The summed E-state index contributed by atoms with van der Waals surface area (Å²) in [4.78, 5) is 20.3. The number of halogens is 1.